The molecule has 5 heteroatoms. The molecule has 27 heavy (non-hydrogen) atoms. The van der Waals surface area contributed by atoms with Gasteiger partial charge in [0.15, 0.2) is 6.61 Å². The second-order valence-electron chi connectivity index (χ2n) is 7.10. The molecule has 0 heterocycles. The predicted octanol–water partition coefficient (Wildman–Crippen LogP) is 5.32. The third kappa shape index (κ3) is 14.1. The number of rotatable bonds is 16. The maximum Gasteiger partial charge on any atom is 0.411 e. The molecule has 0 aromatic rings. The molecule has 0 fully saturated rings. The summed E-state index contributed by atoms with van der Waals surface area (Å²) >= 11 is 0. The van der Waals surface area contributed by atoms with Gasteiger partial charge < -0.3 is 9.47 Å². The molecule has 0 radical (unpaired) electrons. The van der Waals surface area contributed by atoms with E-state index < -0.39 is 18.1 Å². The van der Waals surface area contributed by atoms with E-state index in [1.807, 2.05) is 0 Å². The van der Waals surface area contributed by atoms with Crippen LogP contribution in [0.1, 0.15) is 90.9 Å². The van der Waals surface area contributed by atoms with E-state index in [-0.39, 0.29) is 6.61 Å². The molecule has 5 nitrogen and oxygen atoms in total. The van der Waals surface area contributed by atoms with E-state index >= 15 is 0 Å². The fourth-order valence-corrected chi connectivity index (χ4v) is 2.76. The van der Waals surface area contributed by atoms with E-state index in [2.05, 4.69) is 12.8 Å². The van der Waals surface area contributed by atoms with E-state index in [0.717, 1.165) is 12.8 Å². The summed E-state index contributed by atoms with van der Waals surface area (Å²) in [6.07, 6.45) is 19.6. The van der Waals surface area contributed by atoms with Crippen molar-refractivity contribution in [3.63, 3.8) is 0 Å². The SMILES string of the molecule is C#CCOC(=O)N(C)C(C)C(=O)OCCCCCCCCCCCCCC. The average Bonchev–Trinajstić information content (AvgIpc) is 2.68. The summed E-state index contributed by atoms with van der Waals surface area (Å²) in [6.45, 7) is 4.15. The number of amides is 1. The molecule has 0 aliphatic heterocycles. The highest BCUT2D eigenvalue weighted by molar-refractivity contribution is 5.80. The van der Waals surface area contributed by atoms with Gasteiger partial charge in [-0.3, -0.25) is 4.90 Å². The lowest BCUT2D eigenvalue weighted by Crippen LogP contribution is -2.41. The third-order valence-electron chi connectivity index (χ3n) is 4.73. The summed E-state index contributed by atoms with van der Waals surface area (Å²) in [5, 5.41) is 0. The average molecular weight is 382 g/mol. The van der Waals surface area contributed by atoms with Gasteiger partial charge >= 0.3 is 12.1 Å². The first-order chi connectivity index (χ1) is 13.0. The van der Waals surface area contributed by atoms with Gasteiger partial charge in [0, 0.05) is 7.05 Å². The summed E-state index contributed by atoms with van der Waals surface area (Å²) in [5.41, 5.74) is 0. The van der Waals surface area contributed by atoms with E-state index in [0.29, 0.717) is 6.61 Å². The van der Waals surface area contributed by atoms with Crippen molar-refractivity contribution in [3.8, 4) is 12.3 Å². The van der Waals surface area contributed by atoms with Crippen LogP contribution in [-0.2, 0) is 14.3 Å². The molecule has 0 spiro atoms. The molecule has 0 aliphatic rings. The Morgan fingerprint density at radius 2 is 1.37 bits per heavy atom. The number of unbranched alkanes of at least 4 members (excludes halogenated alkanes) is 11. The second-order valence-corrected chi connectivity index (χ2v) is 7.10. The molecule has 0 saturated heterocycles. The second kappa shape index (κ2) is 17.7. The molecule has 0 bridgehead atoms. The highest BCUT2D eigenvalue weighted by Crippen LogP contribution is 2.12. The van der Waals surface area contributed by atoms with Gasteiger partial charge in [-0.1, -0.05) is 83.5 Å². The van der Waals surface area contributed by atoms with Crippen molar-refractivity contribution in [1.82, 2.24) is 4.90 Å². The zero-order chi connectivity index (χ0) is 20.3. The van der Waals surface area contributed by atoms with E-state index in [9.17, 15) is 9.59 Å². The molecule has 1 amide bonds. The lowest BCUT2D eigenvalue weighted by atomic mass is 10.1. The van der Waals surface area contributed by atoms with Crippen molar-refractivity contribution < 1.29 is 19.1 Å². The molecule has 0 aromatic carbocycles. The zero-order valence-corrected chi connectivity index (χ0v) is 17.6. The van der Waals surface area contributed by atoms with Gasteiger partial charge in [-0.2, -0.15) is 0 Å². The third-order valence-corrected chi connectivity index (χ3v) is 4.73. The van der Waals surface area contributed by atoms with E-state index in [1.54, 1.807) is 6.92 Å². The fraction of sp³-hybridized carbons (Fsp3) is 0.818. The summed E-state index contributed by atoms with van der Waals surface area (Å²) in [5.74, 6) is 1.80. The largest absolute Gasteiger partial charge is 0.464 e. The summed E-state index contributed by atoms with van der Waals surface area (Å²) in [4.78, 5) is 24.8. The van der Waals surface area contributed by atoms with Crippen LogP contribution in [0.5, 0.6) is 0 Å². The van der Waals surface area contributed by atoms with Crippen LogP contribution in [0.15, 0.2) is 0 Å². The van der Waals surface area contributed by atoms with Gasteiger partial charge in [0.05, 0.1) is 6.61 Å². The maximum atomic E-state index is 12.0. The minimum atomic E-state index is -0.687. The van der Waals surface area contributed by atoms with Crippen LogP contribution in [0.4, 0.5) is 4.79 Å². The van der Waals surface area contributed by atoms with E-state index in [4.69, 9.17) is 15.9 Å². The van der Waals surface area contributed by atoms with Crippen LogP contribution in [0.3, 0.4) is 0 Å². The quantitative estimate of drug-likeness (QED) is 0.206. The van der Waals surface area contributed by atoms with Crippen LogP contribution in [-0.4, -0.2) is 43.3 Å². The number of ether oxygens (including phenoxy) is 2. The van der Waals surface area contributed by atoms with E-state index in [1.165, 1.54) is 76.2 Å². The molecule has 1 atom stereocenters. The van der Waals surface area contributed by atoms with Crippen LogP contribution in [0.2, 0.25) is 0 Å². The highest BCUT2D eigenvalue weighted by atomic mass is 16.6. The fourth-order valence-electron chi connectivity index (χ4n) is 2.76. The van der Waals surface area contributed by atoms with Gasteiger partial charge in [0.2, 0.25) is 0 Å². The van der Waals surface area contributed by atoms with Crippen molar-refractivity contribution in [2.45, 2.75) is 96.9 Å². The lowest BCUT2D eigenvalue weighted by Gasteiger charge is -2.22. The number of terminal acetylenes is 1. The summed E-state index contributed by atoms with van der Waals surface area (Å²) in [6, 6.07) is -0.687. The van der Waals surface area contributed by atoms with Crippen molar-refractivity contribution >= 4 is 12.1 Å². The summed E-state index contributed by atoms with van der Waals surface area (Å²) in [7, 11) is 1.49. The topological polar surface area (TPSA) is 55.8 Å². The van der Waals surface area contributed by atoms with Gasteiger partial charge in [0.25, 0.3) is 0 Å². The molecular formula is C22H39NO4. The van der Waals surface area contributed by atoms with Crippen molar-refractivity contribution in [3.05, 3.63) is 0 Å². The van der Waals surface area contributed by atoms with Crippen molar-refractivity contribution in [2.75, 3.05) is 20.3 Å². The Bertz CT molecular complexity index is 431. The number of carbonyl (C=O) groups excluding carboxylic acids is 2. The lowest BCUT2D eigenvalue weighted by molar-refractivity contribution is -0.148. The maximum absolute atomic E-state index is 12.0. The Labute approximate surface area is 166 Å². The first-order valence-corrected chi connectivity index (χ1v) is 10.5. The monoisotopic (exact) mass is 381 g/mol. The highest BCUT2D eigenvalue weighted by Gasteiger charge is 2.24. The Balaban J connectivity index is 3.55. The number of nitrogens with zero attached hydrogens (tertiary/aromatic N) is 1. The van der Waals surface area contributed by atoms with Crippen molar-refractivity contribution in [2.24, 2.45) is 0 Å². The first-order valence-electron chi connectivity index (χ1n) is 10.5. The molecule has 156 valence electrons. The van der Waals surface area contributed by atoms with Gasteiger partial charge in [0.1, 0.15) is 6.04 Å². The molecule has 0 saturated carbocycles. The van der Waals surface area contributed by atoms with Gasteiger partial charge in [-0.15, -0.1) is 6.42 Å². The molecule has 0 rings (SSSR count). The standard InChI is InChI=1S/C22H39NO4/c1-5-7-8-9-10-11-12-13-14-15-16-17-19-26-21(24)20(3)23(4)22(25)27-18-6-2/h2,20H,5,7-19H2,1,3-4H3. The van der Waals surface area contributed by atoms with Crippen LogP contribution >= 0.6 is 0 Å². The summed E-state index contributed by atoms with van der Waals surface area (Å²) < 4.78 is 10.0. The molecular weight excluding hydrogens is 342 g/mol. The van der Waals surface area contributed by atoms with Gasteiger partial charge in [-0.25, -0.2) is 9.59 Å². The smallest absolute Gasteiger partial charge is 0.411 e. The van der Waals surface area contributed by atoms with Crippen LogP contribution in [0.25, 0.3) is 0 Å². The number of carbonyl (C=O) groups is 2. The molecule has 0 N–H and O–H groups in total. The number of likely N-dealkylation sites (N-methyl/N-ethyl adjacent to an activating group) is 1. The minimum Gasteiger partial charge on any atom is -0.464 e. The minimum absolute atomic E-state index is 0.107. The van der Waals surface area contributed by atoms with Crippen molar-refractivity contribution in [1.29, 1.82) is 0 Å². The Hall–Kier alpha value is -1.70. The number of hydrogen-bond acceptors (Lipinski definition) is 4. The molecule has 0 aliphatic carbocycles. The van der Waals surface area contributed by atoms with Crippen LogP contribution < -0.4 is 0 Å². The van der Waals surface area contributed by atoms with Gasteiger partial charge in [-0.05, 0) is 13.3 Å². The Morgan fingerprint density at radius 3 is 1.85 bits per heavy atom. The normalized spacial score (nSPS) is 11.5. The number of esters is 1. The number of hydrogen-bond donors (Lipinski definition) is 0. The first kappa shape index (κ1) is 25.3. The van der Waals surface area contributed by atoms with Crippen LogP contribution in [0, 0.1) is 12.3 Å². The Morgan fingerprint density at radius 1 is 0.889 bits per heavy atom. The molecule has 0 aromatic heterocycles. The zero-order valence-electron chi connectivity index (χ0n) is 17.6. The predicted molar refractivity (Wildman–Crippen MR) is 109 cm³/mol. The Kier molecular flexibility index (Phi) is 16.6. The molecule has 1 unspecified atom stereocenters.